The van der Waals surface area contributed by atoms with Crippen molar-refractivity contribution in [2.24, 2.45) is 5.92 Å². The highest BCUT2D eigenvalue weighted by Crippen LogP contribution is 2.13. The highest BCUT2D eigenvalue weighted by atomic mass is 16.2. The van der Waals surface area contributed by atoms with Gasteiger partial charge in [-0.05, 0) is 18.8 Å². The van der Waals surface area contributed by atoms with Gasteiger partial charge < -0.3 is 4.90 Å². The summed E-state index contributed by atoms with van der Waals surface area (Å²) in [4.78, 5) is 36.2. The Balaban J connectivity index is 2.67. The predicted octanol–water partition coefficient (Wildman–Crippen LogP) is 0.686. The van der Waals surface area contributed by atoms with Crippen LogP contribution in [0.2, 0.25) is 0 Å². The molecule has 5 nitrogen and oxygen atoms in total. The average Bonchev–Trinajstić information content (AvgIpc) is 2.24. The van der Waals surface area contributed by atoms with Gasteiger partial charge in [-0.1, -0.05) is 20.8 Å². The standard InChI is InChI=1S/C12H20N2O3/c1-4-9-12(17)13-10(15)7-14(9)11(16)6-5-8(2)3/h8-9H,4-7H2,1-3H3,(H,13,15,17). The lowest BCUT2D eigenvalue weighted by Crippen LogP contribution is -2.59. The molecular weight excluding hydrogens is 220 g/mol. The number of carbonyl (C=O) groups is 3. The minimum absolute atomic E-state index is 0.00117. The second-order valence-electron chi connectivity index (χ2n) is 4.79. The summed E-state index contributed by atoms with van der Waals surface area (Å²) in [5.74, 6) is -0.415. The molecule has 0 bridgehead atoms. The van der Waals surface area contributed by atoms with E-state index in [0.29, 0.717) is 18.8 Å². The molecule has 1 aliphatic heterocycles. The second kappa shape index (κ2) is 5.80. The number of amides is 3. The topological polar surface area (TPSA) is 66.5 Å². The van der Waals surface area contributed by atoms with Gasteiger partial charge in [0.15, 0.2) is 0 Å². The summed E-state index contributed by atoms with van der Waals surface area (Å²) in [7, 11) is 0. The SMILES string of the molecule is CCC1C(=O)NC(=O)CN1C(=O)CCC(C)C. The fourth-order valence-corrected chi connectivity index (χ4v) is 1.89. The Morgan fingerprint density at radius 1 is 1.47 bits per heavy atom. The third kappa shape index (κ3) is 3.54. The molecule has 1 fully saturated rings. The summed E-state index contributed by atoms with van der Waals surface area (Å²) in [6.07, 6.45) is 1.71. The minimum atomic E-state index is -0.493. The molecule has 0 saturated carbocycles. The molecule has 5 heteroatoms. The monoisotopic (exact) mass is 240 g/mol. The number of nitrogens with zero attached hydrogens (tertiary/aromatic N) is 1. The largest absolute Gasteiger partial charge is 0.321 e. The Hall–Kier alpha value is -1.39. The highest BCUT2D eigenvalue weighted by molar-refractivity contribution is 6.04. The second-order valence-corrected chi connectivity index (χ2v) is 4.79. The van der Waals surface area contributed by atoms with Crippen molar-refractivity contribution in [3.63, 3.8) is 0 Å². The van der Waals surface area contributed by atoms with Gasteiger partial charge in [0, 0.05) is 6.42 Å². The van der Waals surface area contributed by atoms with E-state index in [1.54, 1.807) is 0 Å². The van der Waals surface area contributed by atoms with Crippen LogP contribution < -0.4 is 5.32 Å². The van der Waals surface area contributed by atoms with Crippen LogP contribution in [0.3, 0.4) is 0 Å². The first-order chi connectivity index (χ1) is 7.95. The van der Waals surface area contributed by atoms with Crippen LogP contribution in [0.1, 0.15) is 40.0 Å². The molecule has 1 rings (SSSR count). The van der Waals surface area contributed by atoms with E-state index in [1.807, 2.05) is 20.8 Å². The Morgan fingerprint density at radius 3 is 2.65 bits per heavy atom. The fraction of sp³-hybridized carbons (Fsp3) is 0.750. The van der Waals surface area contributed by atoms with Crippen LogP contribution in [0, 0.1) is 5.92 Å². The molecule has 1 N–H and O–H groups in total. The molecule has 0 radical (unpaired) electrons. The van der Waals surface area contributed by atoms with Gasteiger partial charge in [-0.3, -0.25) is 19.7 Å². The third-order valence-electron chi connectivity index (χ3n) is 2.90. The molecule has 0 spiro atoms. The number of piperazine rings is 1. The summed E-state index contributed by atoms with van der Waals surface area (Å²) in [5, 5.41) is 2.26. The van der Waals surface area contributed by atoms with Gasteiger partial charge in [0.25, 0.3) is 0 Å². The summed E-state index contributed by atoms with van der Waals surface area (Å²) in [5.41, 5.74) is 0. The molecule has 1 atom stereocenters. The van der Waals surface area contributed by atoms with Crippen LogP contribution in [0.15, 0.2) is 0 Å². The summed E-state index contributed by atoms with van der Waals surface area (Å²) < 4.78 is 0. The Labute approximate surface area is 102 Å². The van der Waals surface area contributed by atoms with Crippen molar-refractivity contribution < 1.29 is 14.4 Å². The van der Waals surface area contributed by atoms with Crippen LogP contribution in [-0.2, 0) is 14.4 Å². The summed E-state index contributed by atoms with van der Waals surface area (Å²) in [6, 6.07) is -0.493. The smallest absolute Gasteiger partial charge is 0.249 e. The van der Waals surface area contributed by atoms with E-state index >= 15 is 0 Å². The van der Waals surface area contributed by atoms with Crippen molar-refractivity contribution >= 4 is 17.7 Å². The van der Waals surface area contributed by atoms with Crippen LogP contribution in [0.25, 0.3) is 0 Å². The first-order valence-corrected chi connectivity index (χ1v) is 6.08. The van der Waals surface area contributed by atoms with Gasteiger partial charge in [0.2, 0.25) is 17.7 Å². The zero-order valence-electron chi connectivity index (χ0n) is 10.7. The van der Waals surface area contributed by atoms with E-state index in [1.165, 1.54) is 4.90 Å². The van der Waals surface area contributed by atoms with Gasteiger partial charge in [-0.15, -0.1) is 0 Å². The van der Waals surface area contributed by atoms with Gasteiger partial charge >= 0.3 is 0 Å². The number of rotatable bonds is 4. The normalized spacial score (nSPS) is 20.7. The Kier molecular flexibility index (Phi) is 4.66. The van der Waals surface area contributed by atoms with Gasteiger partial charge in [-0.25, -0.2) is 0 Å². The number of imide groups is 1. The molecule has 96 valence electrons. The molecule has 0 aromatic heterocycles. The van der Waals surface area contributed by atoms with Crippen molar-refractivity contribution in [1.82, 2.24) is 10.2 Å². The number of nitrogens with one attached hydrogen (secondary N) is 1. The van der Waals surface area contributed by atoms with Crippen molar-refractivity contribution in [3.05, 3.63) is 0 Å². The molecule has 1 heterocycles. The molecular formula is C12H20N2O3. The van der Waals surface area contributed by atoms with E-state index in [2.05, 4.69) is 5.32 Å². The lowest BCUT2D eigenvalue weighted by Gasteiger charge is -2.33. The maximum Gasteiger partial charge on any atom is 0.249 e. The van der Waals surface area contributed by atoms with E-state index in [0.717, 1.165) is 6.42 Å². The zero-order chi connectivity index (χ0) is 13.0. The first kappa shape index (κ1) is 13.7. The van der Waals surface area contributed by atoms with Crippen molar-refractivity contribution in [3.8, 4) is 0 Å². The van der Waals surface area contributed by atoms with Gasteiger partial charge in [0.1, 0.15) is 12.6 Å². The first-order valence-electron chi connectivity index (χ1n) is 6.08. The van der Waals surface area contributed by atoms with Crippen LogP contribution in [0.5, 0.6) is 0 Å². The fourth-order valence-electron chi connectivity index (χ4n) is 1.89. The Morgan fingerprint density at radius 2 is 2.12 bits per heavy atom. The zero-order valence-corrected chi connectivity index (χ0v) is 10.7. The molecule has 17 heavy (non-hydrogen) atoms. The average molecular weight is 240 g/mol. The summed E-state index contributed by atoms with van der Waals surface area (Å²) >= 11 is 0. The lowest BCUT2D eigenvalue weighted by molar-refractivity contribution is -0.150. The molecule has 1 saturated heterocycles. The van der Waals surface area contributed by atoms with Crippen molar-refractivity contribution in [2.45, 2.75) is 46.1 Å². The quantitative estimate of drug-likeness (QED) is 0.735. The van der Waals surface area contributed by atoms with Crippen LogP contribution >= 0.6 is 0 Å². The van der Waals surface area contributed by atoms with Gasteiger partial charge in [-0.2, -0.15) is 0 Å². The van der Waals surface area contributed by atoms with E-state index in [4.69, 9.17) is 0 Å². The lowest BCUT2D eigenvalue weighted by atomic mass is 10.0. The molecule has 0 aliphatic carbocycles. The third-order valence-corrected chi connectivity index (χ3v) is 2.90. The maximum atomic E-state index is 12.0. The number of hydrogen-bond donors (Lipinski definition) is 1. The molecule has 0 aromatic rings. The van der Waals surface area contributed by atoms with Crippen molar-refractivity contribution in [2.75, 3.05) is 6.54 Å². The van der Waals surface area contributed by atoms with Crippen molar-refractivity contribution in [1.29, 1.82) is 0 Å². The van der Waals surface area contributed by atoms with Gasteiger partial charge in [0.05, 0.1) is 0 Å². The predicted molar refractivity (Wildman–Crippen MR) is 63.0 cm³/mol. The Bertz CT molecular complexity index is 326. The highest BCUT2D eigenvalue weighted by Gasteiger charge is 2.34. The molecule has 3 amide bonds. The van der Waals surface area contributed by atoms with E-state index in [9.17, 15) is 14.4 Å². The minimum Gasteiger partial charge on any atom is -0.321 e. The number of carbonyl (C=O) groups excluding carboxylic acids is 3. The number of hydrogen-bond acceptors (Lipinski definition) is 3. The molecule has 1 aliphatic rings. The van der Waals surface area contributed by atoms with Crippen LogP contribution in [0.4, 0.5) is 0 Å². The maximum absolute atomic E-state index is 12.0. The molecule has 0 aromatic carbocycles. The molecule has 1 unspecified atom stereocenters. The van der Waals surface area contributed by atoms with E-state index in [-0.39, 0.29) is 18.4 Å². The van der Waals surface area contributed by atoms with E-state index < -0.39 is 11.9 Å². The van der Waals surface area contributed by atoms with Crippen LogP contribution in [-0.4, -0.2) is 35.2 Å². The summed E-state index contributed by atoms with van der Waals surface area (Å²) in [6.45, 7) is 5.92.